The molecular weight excluding hydrogens is 622 g/mol. The van der Waals surface area contributed by atoms with Crippen molar-refractivity contribution < 1.29 is 43.7 Å². The molecule has 0 saturated carbocycles. The predicted octanol–water partition coefficient (Wildman–Crippen LogP) is 1.16. The van der Waals surface area contributed by atoms with Crippen molar-refractivity contribution in [1.82, 2.24) is 26.2 Å². The van der Waals surface area contributed by atoms with Crippen molar-refractivity contribution in [3.63, 3.8) is 0 Å². The van der Waals surface area contributed by atoms with E-state index in [0.29, 0.717) is 19.3 Å². The Balaban J connectivity index is 3.57. The highest BCUT2D eigenvalue weighted by molar-refractivity contribution is 5.96. The number of carbonyl (C=O) groups is 6. The van der Waals surface area contributed by atoms with Gasteiger partial charge in [-0.3, -0.25) is 28.8 Å². The Morgan fingerprint density at radius 1 is 0.833 bits per heavy atom. The maximum atomic E-state index is 13.9. The number of nitrogens with zero attached hydrogens (tertiary/aromatic N) is 1. The quantitative estimate of drug-likeness (QED) is 0.122. The van der Waals surface area contributed by atoms with E-state index in [1.807, 2.05) is 20.8 Å². The summed E-state index contributed by atoms with van der Waals surface area (Å²) >= 11 is 0. The summed E-state index contributed by atoms with van der Waals surface area (Å²) in [6, 6.07) is -5.15. The molecule has 0 aromatic rings. The molecule has 276 valence electrons. The van der Waals surface area contributed by atoms with Crippen LogP contribution in [0.5, 0.6) is 0 Å². The Morgan fingerprint density at radius 3 is 2.00 bits per heavy atom. The molecule has 0 spiro atoms. The van der Waals surface area contributed by atoms with E-state index in [2.05, 4.69) is 28.2 Å². The number of nitrogens with one attached hydrogen (secondary N) is 4. The van der Waals surface area contributed by atoms with Gasteiger partial charge < -0.3 is 41.1 Å². The van der Waals surface area contributed by atoms with Gasteiger partial charge in [0.2, 0.25) is 29.5 Å². The van der Waals surface area contributed by atoms with Crippen LogP contribution in [-0.2, 0) is 33.5 Å². The summed E-state index contributed by atoms with van der Waals surface area (Å²) in [5.74, 6) is -5.64. The summed E-state index contributed by atoms with van der Waals surface area (Å²) in [5, 5.41) is 30.1. The molecule has 1 fully saturated rings. The molecule has 0 aliphatic carbocycles. The SMILES string of the molecule is CCCCCCCC[C@H]1OC(=O)CNC(=O)[C@@H]([C@H](C)O)NC(=O)[C@@H](CO)NC(=O)[C@H]([C@H](C)CC)NC(=O)[C@H](CC(C)C)N(C)C(=O)[C@@H]1C. The van der Waals surface area contributed by atoms with Crippen molar-refractivity contribution in [3.8, 4) is 0 Å². The number of unbranched alkanes of at least 4 members (excludes halogenated alkanes) is 5. The molecule has 1 aliphatic rings. The van der Waals surface area contributed by atoms with Crippen molar-refractivity contribution in [1.29, 1.82) is 0 Å². The molecule has 1 heterocycles. The normalized spacial score (nSPS) is 27.1. The van der Waals surface area contributed by atoms with Gasteiger partial charge in [0.1, 0.15) is 36.8 Å². The summed E-state index contributed by atoms with van der Waals surface area (Å²) in [6.45, 7) is 11.0. The molecule has 0 bridgehead atoms. The van der Waals surface area contributed by atoms with Gasteiger partial charge in [0.25, 0.3) is 0 Å². The van der Waals surface area contributed by atoms with Gasteiger partial charge in [0, 0.05) is 7.05 Å². The van der Waals surface area contributed by atoms with E-state index in [1.54, 1.807) is 13.8 Å². The van der Waals surface area contributed by atoms with Gasteiger partial charge in [0.15, 0.2) is 0 Å². The fraction of sp³-hybridized carbons (Fsp3) is 0.824. The zero-order chi connectivity index (χ0) is 36.6. The molecule has 1 saturated heterocycles. The van der Waals surface area contributed by atoms with Gasteiger partial charge >= 0.3 is 5.97 Å². The third-order valence-electron chi connectivity index (χ3n) is 8.96. The van der Waals surface area contributed by atoms with Crippen molar-refractivity contribution >= 4 is 35.5 Å². The minimum Gasteiger partial charge on any atom is -0.460 e. The zero-order valence-electron chi connectivity index (χ0n) is 30.2. The first-order chi connectivity index (χ1) is 22.6. The van der Waals surface area contributed by atoms with Crippen LogP contribution >= 0.6 is 0 Å². The van der Waals surface area contributed by atoms with E-state index in [4.69, 9.17) is 4.74 Å². The molecule has 0 unspecified atom stereocenters. The number of likely N-dealkylation sites (N-methyl/N-ethyl adjacent to an activating group) is 1. The highest BCUT2D eigenvalue weighted by Crippen LogP contribution is 2.22. The molecule has 0 radical (unpaired) electrons. The highest BCUT2D eigenvalue weighted by Gasteiger charge is 2.38. The largest absolute Gasteiger partial charge is 0.460 e. The number of amides is 5. The van der Waals surface area contributed by atoms with Crippen LogP contribution in [0.2, 0.25) is 0 Å². The van der Waals surface area contributed by atoms with E-state index in [1.165, 1.54) is 18.9 Å². The van der Waals surface area contributed by atoms with Crippen LogP contribution in [0.3, 0.4) is 0 Å². The van der Waals surface area contributed by atoms with Gasteiger partial charge in [-0.25, -0.2) is 0 Å². The van der Waals surface area contributed by atoms with Crippen molar-refractivity contribution in [2.24, 2.45) is 17.8 Å². The molecule has 6 N–H and O–H groups in total. The van der Waals surface area contributed by atoms with Gasteiger partial charge in [0.05, 0.1) is 18.6 Å². The number of aliphatic hydroxyl groups is 2. The first kappa shape index (κ1) is 42.8. The molecule has 8 atom stereocenters. The van der Waals surface area contributed by atoms with Gasteiger partial charge in [-0.1, -0.05) is 80.1 Å². The van der Waals surface area contributed by atoms with Crippen molar-refractivity contribution in [2.45, 2.75) is 143 Å². The van der Waals surface area contributed by atoms with Gasteiger partial charge in [-0.05, 0) is 38.0 Å². The molecule has 5 amide bonds. The lowest BCUT2D eigenvalue weighted by molar-refractivity contribution is -0.157. The Labute approximate surface area is 285 Å². The second kappa shape index (κ2) is 21.7. The summed E-state index contributed by atoms with van der Waals surface area (Å²) in [5.41, 5.74) is 0. The highest BCUT2D eigenvalue weighted by atomic mass is 16.5. The van der Waals surface area contributed by atoms with Crippen LogP contribution in [-0.4, -0.2) is 107 Å². The van der Waals surface area contributed by atoms with Crippen LogP contribution in [0.1, 0.15) is 106 Å². The zero-order valence-corrected chi connectivity index (χ0v) is 30.2. The van der Waals surface area contributed by atoms with E-state index in [-0.39, 0.29) is 12.3 Å². The lowest BCUT2D eigenvalue weighted by Crippen LogP contribution is -2.61. The fourth-order valence-electron chi connectivity index (χ4n) is 5.60. The fourth-order valence-corrected chi connectivity index (χ4v) is 5.60. The van der Waals surface area contributed by atoms with Crippen LogP contribution in [0, 0.1) is 17.8 Å². The number of cyclic esters (lactones) is 1. The van der Waals surface area contributed by atoms with E-state index in [9.17, 15) is 39.0 Å². The smallest absolute Gasteiger partial charge is 0.325 e. The molecular formula is C34H61N5O9. The third kappa shape index (κ3) is 13.7. The summed E-state index contributed by atoms with van der Waals surface area (Å²) in [7, 11) is 1.51. The molecule has 0 aromatic carbocycles. The monoisotopic (exact) mass is 683 g/mol. The Morgan fingerprint density at radius 2 is 1.44 bits per heavy atom. The number of carbonyl (C=O) groups excluding carboxylic acids is 6. The number of aliphatic hydroxyl groups excluding tert-OH is 2. The molecule has 48 heavy (non-hydrogen) atoms. The molecule has 0 aromatic heterocycles. The molecule has 1 rings (SSSR count). The number of hydrogen-bond acceptors (Lipinski definition) is 9. The Hall–Kier alpha value is -3.26. The van der Waals surface area contributed by atoms with Crippen molar-refractivity contribution in [2.75, 3.05) is 20.2 Å². The van der Waals surface area contributed by atoms with Crippen LogP contribution in [0.15, 0.2) is 0 Å². The average molecular weight is 684 g/mol. The molecule has 14 heteroatoms. The minimum absolute atomic E-state index is 0.00604. The number of rotatable bonds is 13. The first-order valence-corrected chi connectivity index (χ1v) is 17.5. The molecule has 14 nitrogen and oxygen atoms in total. The van der Waals surface area contributed by atoms with Gasteiger partial charge in [-0.15, -0.1) is 0 Å². The van der Waals surface area contributed by atoms with Crippen LogP contribution in [0.25, 0.3) is 0 Å². The summed E-state index contributed by atoms with van der Waals surface area (Å²) < 4.78 is 5.76. The Bertz CT molecular complexity index is 1070. The van der Waals surface area contributed by atoms with Crippen molar-refractivity contribution in [3.05, 3.63) is 0 Å². The third-order valence-corrected chi connectivity index (χ3v) is 8.96. The predicted molar refractivity (Wildman–Crippen MR) is 180 cm³/mol. The average Bonchev–Trinajstić information content (AvgIpc) is 3.04. The number of hydrogen-bond donors (Lipinski definition) is 6. The standard InChI is InChI=1S/C34H61N5O9/c1-9-11-12-13-14-15-16-26-22(6)34(47)39(8)25(17-20(3)4)31(44)37-28(21(5)10-2)33(46)36-24(19-40)30(43)38-29(23(7)41)32(45)35-18-27(42)48-26/h20-26,28-29,40-41H,9-19H2,1-8H3,(H,35,45)(H,36,46)(H,37,44)(H,38,43)/t21-,22-,23+,24-,25+,26-,28+,29-/m1/s1. The van der Waals surface area contributed by atoms with E-state index in [0.717, 1.165) is 32.1 Å². The van der Waals surface area contributed by atoms with E-state index < -0.39 is 96.9 Å². The second-order valence-electron chi connectivity index (χ2n) is 13.5. The van der Waals surface area contributed by atoms with Crippen LogP contribution in [0.4, 0.5) is 0 Å². The van der Waals surface area contributed by atoms with E-state index >= 15 is 0 Å². The lowest BCUT2D eigenvalue weighted by atomic mass is 9.94. The van der Waals surface area contributed by atoms with Crippen LogP contribution < -0.4 is 21.3 Å². The maximum absolute atomic E-state index is 13.9. The Kier molecular flexibility index (Phi) is 19.3. The summed E-state index contributed by atoms with van der Waals surface area (Å²) in [6.07, 6.45) is 4.75. The second-order valence-corrected chi connectivity index (χ2v) is 13.5. The first-order valence-electron chi connectivity index (χ1n) is 17.5. The molecule has 1 aliphatic heterocycles. The summed E-state index contributed by atoms with van der Waals surface area (Å²) in [4.78, 5) is 81.7. The maximum Gasteiger partial charge on any atom is 0.325 e. The number of esters is 1. The minimum atomic E-state index is -1.53. The number of ether oxygens (including phenoxy) is 1. The van der Waals surface area contributed by atoms with Gasteiger partial charge in [-0.2, -0.15) is 0 Å². The lowest BCUT2D eigenvalue weighted by Gasteiger charge is -2.34. The topological polar surface area (TPSA) is 203 Å².